The molecule has 0 heterocycles. The molecule has 66 valence electrons. The predicted molar refractivity (Wildman–Crippen MR) is 47.6 cm³/mol. The summed E-state index contributed by atoms with van der Waals surface area (Å²) in [5, 5.41) is 0. The zero-order valence-electron chi connectivity index (χ0n) is 7.43. The Kier molecular flexibility index (Phi) is 7.27. The third-order valence-electron chi connectivity index (χ3n) is 1.49. The molecule has 0 amide bonds. The standard InChI is InChI=1S/C10H14O2/c1-2-7-10(12)8-5-3-4-6-9-11/h9H,3-6,8H2,1H3. The quantitative estimate of drug-likeness (QED) is 0.260. The molecule has 0 saturated carbocycles. The van der Waals surface area contributed by atoms with E-state index in [-0.39, 0.29) is 5.78 Å². The lowest BCUT2D eigenvalue weighted by atomic mass is 10.1. The van der Waals surface area contributed by atoms with Gasteiger partial charge in [-0.1, -0.05) is 12.3 Å². The van der Waals surface area contributed by atoms with Crippen molar-refractivity contribution in [2.24, 2.45) is 0 Å². The van der Waals surface area contributed by atoms with Crippen LogP contribution in [0.1, 0.15) is 39.0 Å². The van der Waals surface area contributed by atoms with E-state index in [0.717, 1.165) is 25.5 Å². The Morgan fingerprint density at radius 3 is 2.67 bits per heavy atom. The first-order chi connectivity index (χ1) is 5.81. The van der Waals surface area contributed by atoms with Crippen LogP contribution in [-0.2, 0) is 9.59 Å². The molecule has 0 spiro atoms. The molecule has 0 aromatic heterocycles. The molecule has 0 unspecified atom stereocenters. The van der Waals surface area contributed by atoms with Gasteiger partial charge in [-0.05, 0) is 25.7 Å². The number of Topliss-reactive ketones (excluding diaryl/α,β-unsaturated/α-hetero) is 1. The Hall–Kier alpha value is -1.10. The summed E-state index contributed by atoms with van der Waals surface area (Å²) in [7, 11) is 0. The van der Waals surface area contributed by atoms with Crippen LogP contribution >= 0.6 is 0 Å². The molecule has 0 aliphatic carbocycles. The molecule has 2 heteroatoms. The van der Waals surface area contributed by atoms with Gasteiger partial charge < -0.3 is 4.79 Å². The van der Waals surface area contributed by atoms with Crippen LogP contribution in [0.25, 0.3) is 0 Å². The summed E-state index contributed by atoms with van der Waals surface area (Å²) >= 11 is 0. The predicted octanol–water partition coefficient (Wildman–Crippen LogP) is 1.73. The fraction of sp³-hybridized carbons (Fsp3) is 0.600. The molecule has 0 atom stereocenters. The molecule has 0 aliphatic heterocycles. The third-order valence-corrected chi connectivity index (χ3v) is 1.49. The van der Waals surface area contributed by atoms with E-state index in [9.17, 15) is 9.59 Å². The molecular weight excluding hydrogens is 152 g/mol. The van der Waals surface area contributed by atoms with E-state index in [4.69, 9.17) is 0 Å². The lowest BCUT2D eigenvalue weighted by Crippen LogP contribution is -1.92. The highest BCUT2D eigenvalue weighted by molar-refractivity contribution is 5.95. The average molecular weight is 166 g/mol. The number of hydrogen-bond donors (Lipinski definition) is 0. The number of hydrogen-bond acceptors (Lipinski definition) is 2. The van der Waals surface area contributed by atoms with Crippen molar-refractivity contribution in [3.63, 3.8) is 0 Å². The molecule has 0 aromatic carbocycles. The van der Waals surface area contributed by atoms with Gasteiger partial charge in [-0.3, -0.25) is 4.79 Å². The highest BCUT2D eigenvalue weighted by Crippen LogP contribution is 2.01. The molecule has 12 heavy (non-hydrogen) atoms. The van der Waals surface area contributed by atoms with Gasteiger partial charge in [-0.2, -0.15) is 0 Å². The minimum Gasteiger partial charge on any atom is -0.303 e. The van der Waals surface area contributed by atoms with Gasteiger partial charge >= 0.3 is 0 Å². The first-order valence-corrected chi connectivity index (χ1v) is 4.20. The summed E-state index contributed by atoms with van der Waals surface area (Å²) in [5.41, 5.74) is 0. The van der Waals surface area contributed by atoms with Crippen LogP contribution in [0.2, 0.25) is 0 Å². The molecule has 0 bridgehead atoms. The van der Waals surface area contributed by atoms with Crippen LogP contribution in [0, 0.1) is 11.8 Å². The Morgan fingerprint density at radius 2 is 2.08 bits per heavy atom. The van der Waals surface area contributed by atoms with Crippen LogP contribution in [0.3, 0.4) is 0 Å². The molecule has 0 aliphatic rings. The summed E-state index contributed by atoms with van der Waals surface area (Å²) in [4.78, 5) is 20.7. The average Bonchev–Trinajstić information content (AvgIpc) is 2.05. The van der Waals surface area contributed by atoms with Gasteiger partial charge in [0, 0.05) is 12.8 Å². The molecule has 0 fully saturated rings. The van der Waals surface area contributed by atoms with Gasteiger partial charge in [0.2, 0.25) is 5.78 Å². The lowest BCUT2D eigenvalue weighted by molar-refractivity contribution is -0.113. The van der Waals surface area contributed by atoms with Crippen LogP contribution in [-0.4, -0.2) is 12.1 Å². The molecular formula is C10H14O2. The van der Waals surface area contributed by atoms with E-state index >= 15 is 0 Å². The van der Waals surface area contributed by atoms with Crippen molar-refractivity contribution in [2.45, 2.75) is 39.0 Å². The van der Waals surface area contributed by atoms with Crippen LogP contribution in [0.4, 0.5) is 0 Å². The number of rotatable bonds is 6. The maximum Gasteiger partial charge on any atom is 0.205 e. The Morgan fingerprint density at radius 1 is 1.33 bits per heavy atom. The molecule has 0 saturated heterocycles. The van der Waals surface area contributed by atoms with E-state index in [1.807, 2.05) is 0 Å². The highest BCUT2D eigenvalue weighted by Gasteiger charge is 1.95. The highest BCUT2D eigenvalue weighted by atomic mass is 16.1. The van der Waals surface area contributed by atoms with Crippen molar-refractivity contribution >= 4 is 12.1 Å². The zero-order chi connectivity index (χ0) is 9.23. The Labute approximate surface area is 73.3 Å². The lowest BCUT2D eigenvalue weighted by Gasteiger charge is -1.93. The summed E-state index contributed by atoms with van der Waals surface area (Å²) < 4.78 is 0. The molecule has 0 radical (unpaired) electrons. The SMILES string of the molecule is CC#CC(=O)CCCCCC=O. The van der Waals surface area contributed by atoms with Crippen molar-refractivity contribution in [2.75, 3.05) is 0 Å². The summed E-state index contributed by atoms with van der Waals surface area (Å²) in [6, 6.07) is 0. The number of carbonyl (C=O) groups is 2. The van der Waals surface area contributed by atoms with Gasteiger partial charge in [-0.25, -0.2) is 0 Å². The van der Waals surface area contributed by atoms with Crippen molar-refractivity contribution in [1.82, 2.24) is 0 Å². The number of ketones is 1. The summed E-state index contributed by atoms with van der Waals surface area (Å²) in [6.45, 7) is 1.66. The molecule has 0 N–H and O–H groups in total. The van der Waals surface area contributed by atoms with Crippen molar-refractivity contribution in [3.05, 3.63) is 0 Å². The van der Waals surface area contributed by atoms with Gasteiger partial charge in [0.1, 0.15) is 6.29 Å². The monoisotopic (exact) mass is 166 g/mol. The molecule has 2 nitrogen and oxygen atoms in total. The number of unbranched alkanes of at least 4 members (excludes halogenated alkanes) is 3. The van der Waals surface area contributed by atoms with E-state index in [1.165, 1.54) is 0 Å². The first kappa shape index (κ1) is 10.9. The fourth-order valence-corrected chi connectivity index (χ4v) is 0.892. The first-order valence-electron chi connectivity index (χ1n) is 4.20. The second-order valence-electron chi connectivity index (χ2n) is 2.56. The maximum atomic E-state index is 10.8. The Bertz CT molecular complexity index is 196. The van der Waals surface area contributed by atoms with E-state index < -0.39 is 0 Å². The van der Waals surface area contributed by atoms with Crippen molar-refractivity contribution in [3.8, 4) is 11.8 Å². The third kappa shape index (κ3) is 7.01. The van der Waals surface area contributed by atoms with Crippen LogP contribution < -0.4 is 0 Å². The maximum absolute atomic E-state index is 10.8. The molecule has 0 rings (SSSR count). The van der Waals surface area contributed by atoms with E-state index in [2.05, 4.69) is 11.8 Å². The summed E-state index contributed by atoms with van der Waals surface area (Å²) in [5.74, 6) is 5.05. The van der Waals surface area contributed by atoms with Crippen molar-refractivity contribution in [1.29, 1.82) is 0 Å². The minimum atomic E-state index is 0.00334. The minimum absolute atomic E-state index is 0.00334. The normalized spacial score (nSPS) is 8.42. The second kappa shape index (κ2) is 8.00. The van der Waals surface area contributed by atoms with Gasteiger partial charge in [0.25, 0.3) is 0 Å². The van der Waals surface area contributed by atoms with Gasteiger partial charge in [0.15, 0.2) is 0 Å². The summed E-state index contributed by atoms with van der Waals surface area (Å²) in [6.07, 6.45) is 4.72. The van der Waals surface area contributed by atoms with Crippen molar-refractivity contribution < 1.29 is 9.59 Å². The smallest absolute Gasteiger partial charge is 0.205 e. The van der Waals surface area contributed by atoms with Gasteiger partial charge in [-0.15, -0.1) is 0 Å². The molecule has 0 aromatic rings. The van der Waals surface area contributed by atoms with E-state index in [0.29, 0.717) is 12.8 Å². The number of aldehydes is 1. The topological polar surface area (TPSA) is 34.1 Å². The fourth-order valence-electron chi connectivity index (χ4n) is 0.892. The second-order valence-corrected chi connectivity index (χ2v) is 2.56. The Balaban J connectivity index is 3.23. The van der Waals surface area contributed by atoms with Gasteiger partial charge in [0.05, 0.1) is 0 Å². The van der Waals surface area contributed by atoms with Crippen LogP contribution in [0.15, 0.2) is 0 Å². The van der Waals surface area contributed by atoms with E-state index in [1.54, 1.807) is 6.92 Å². The largest absolute Gasteiger partial charge is 0.303 e. The van der Waals surface area contributed by atoms with Crippen LogP contribution in [0.5, 0.6) is 0 Å². The zero-order valence-corrected chi connectivity index (χ0v) is 7.43. The number of carbonyl (C=O) groups excluding carboxylic acids is 2.